The van der Waals surface area contributed by atoms with Gasteiger partial charge in [0.25, 0.3) is 0 Å². The highest BCUT2D eigenvalue weighted by molar-refractivity contribution is 5.58. The van der Waals surface area contributed by atoms with Gasteiger partial charge in [0.2, 0.25) is 11.8 Å². The predicted molar refractivity (Wildman–Crippen MR) is 176 cm³/mol. The highest BCUT2D eigenvalue weighted by atomic mass is 16.4. The van der Waals surface area contributed by atoms with Crippen LogP contribution in [0.5, 0.6) is 0 Å². The van der Waals surface area contributed by atoms with Crippen molar-refractivity contribution in [2.24, 2.45) is 0 Å². The highest BCUT2D eigenvalue weighted by Crippen LogP contribution is 2.30. The average molecular weight is 608 g/mol. The van der Waals surface area contributed by atoms with E-state index in [1.54, 1.807) is 18.3 Å². The summed E-state index contributed by atoms with van der Waals surface area (Å²) in [7, 11) is 0. The molecule has 0 fully saturated rings. The molecule has 0 spiro atoms. The molecule has 0 atom stereocenters. The minimum atomic E-state index is 0.586. The molecular formula is C37H33N7O2. The molecule has 6 heterocycles. The third-order valence-electron chi connectivity index (χ3n) is 8.17. The Labute approximate surface area is 267 Å². The highest BCUT2D eigenvalue weighted by Gasteiger charge is 2.26. The molecule has 0 unspecified atom stereocenters. The molecule has 0 aliphatic carbocycles. The Morgan fingerprint density at radius 2 is 1.28 bits per heavy atom. The lowest BCUT2D eigenvalue weighted by Crippen LogP contribution is -2.31. The van der Waals surface area contributed by atoms with Crippen molar-refractivity contribution in [3.05, 3.63) is 131 Å². The molecule has 0 radical (unpaired) electrons. The molecule has 2 aliphatic rings. The molecule has 0 N–H and O–H groups in total. The number of hydrogen-bond donors (Lipinski definition) is 0. The number of fused-ring (bicyclic) bond motifs is 2. The van der Waals surface area contributed by atoms with E-state index in [-0.39, 0.29) is 0 Å². The van der Waals surface area contributed by atoms with E-state index < -0.39 is 0 Å². The Balaban J connectivity index is 0.000000147. The molecule has 46 heavy (non-hydrogen) atoms. The van der Waals surface area contributed by atoms with E-state index in [1.165, 1.54) is 11.1 Å². The number of aryl methyl sites for hydroxylation is 2. The molecular weight excluding hydrogens is 574 g/mol. The van der Waals surface area contributed by atoms with E-state index in [1.807, 2.05) is 48.7 Å². The molecule has 4 aromatic heterocycles. The molecule has 6 aromatic rings. The maximum atomic E-state index is 9.27. The van der Waals surface area contributed by atoms with Gasteiger partial charge < -0.3 is 18.6 Å². The number of oxazole rings is 2. The van der Waals surface area contributed by atoms with Gasteiger partial charge in [-0.05, 0) is 62.4 Å². The van der Waals surface area contributed by atoms with Crippen molar-refractivity contribution >= 4 is 11.6 Å². The minimum absolute atomic E-state index is 0.586. The maximum absolute atomic E-state index is 9.27. The lowest BCUT2D eigenvalue weighted by Gasteiger charge is -2.26. The fraction of sp³-hybridized carbons (Fsp3) is 0.216. The van der Waals surface area contributed by atoms with Crippen LogP contribution in [-0.2, 0) is 25.9 Å². The lowest BCUT2D eigenvalue weighted by atomic mass is 10.1. The summed E-state index contributed by atoms with van der Waals surface area (Å²) in [5.74, 6) is 5.02. The van der Waals surface area contributed by atoms with Gasteiger partial charge in [0.1, 0.15) is 40.6 Å². The summed E-state index contributed by atoms with van der Waals surface area (Å²) >= 11 is 0. The molecule has 0 bridgehead atoms. The van der Waals surface area contributed by atoms with Crippen LogP contribution in [0.1, 0.15) is 39.6 Å². The monoisotopic (exact) mass is 607 g/mol. The van der Waals surface area contributed by atoms with Gasteiger partial charge in [-0.3, -0.25) is 0 Å². The maximum Gasteiger partial charge on any atom is 0.226 e. The smallest absolute Gasteiger partial charge is 0.226 e. The molecule has 0 saturated carbocycles. The Hall–Kier alpha value is -5.75. The number of hydrogen-bond acceptors (Lipinski definition) is 9. The van der Waals surface area contributed by atoms with Crippen molar-refractivity contribution in [1.82, 2.24) is 19.9 Å². The van der Waals surface area contributed by atoms with Crippen LogP contribution in [0.3, 0.4) is 0 Å². The fourth-order valence-corrected chi connectivity index (χ4v) is 5.85. The van der Waals surface area contributed by atoms with Gasteiger partial charge in [-0.25, -0.2) is 19.9 Å². The molecule has 9 nitrogen and oxygen atoms in total. The summed E-state index contributed by atoms with van der Waals surface area (Å²) in [5, 5.41) is 9.27. The second-order valence-electron chi connectivity index (χ2n) is 11.5. The van der Waals surface area contributed by atoms with E-state index in [9.17, 15) is 5.26 Å². The molecule has 228 valence electrons. The normalized spacial score (nSPS) is 13.7. The summed E-state index contributed by atoms with van der Waals surface area (Å²) in [6.45, 7) is 7.17. The second-order valence-corrected chi connectivity index (χ2v) is 11.5. The van der Waals surface area contributed by atoms with Gasteiger partial charge in [0.15, 0.2) is 0 Å². The first kappa shape index (κ1) is 29.0. The Bertz CT molecular complexity index is 2030. The van der Waals surface area contributed by atoms with Crippen molar-refractivity contribution < 1.29 is 8.83 Å². The molecule has 8 rings (SSSR count). The van der Waals surface area contributed by atoms with Crippen molar-refractivity contribution in [3.8, 4) is 29.0 Å². The van der Waals surface area contributed by atoms with Gasteiger partial charge in [-0.15, -0.1) is 0 Å². The van der Waals surface area contributed by atoms with Crippen molar-refractivity contribution in [2.45, 2.75) is 39.8 Å². The average Bonchev–Trinajstić information content (AvgIpc) is 3.73. The van der Waals surface area contributed by atoms with Crippen molar-refractivity contribution in [3.63, 3.8) is 0 Å². The first-order chi connectivity index (χ1) is 22.5. The molecule has 2 aliphatic heterocycles. The van der Waals surface area contributed by atoms with E-state index >= 15 is 0 Å². The third-order valence-corrected chi connectivity index (χ3v) is 8.17. The molecule has 9 heteroatoms. The number of nitriles is 1. The van der Waals surface area contributed by atoms with Crippen LogP contribution in [0.2, 0.25) is 0 Å². The largest absolute Gasteiger partial charge is 0.441 e. The summed E-state index contributed by atoms with van der Waals surface area (Å²) in [6.07, 6.45) is 5.17. The minimum Gasteiger partial charge on any atom is -0.441 e. The number of aromatic nitrogens is 4. The van der Waals surface area contributed by atoms with Crippen LogP contribution in [-0.4, -0.2) is 33.0 Å². The summed E-state index contributed by atoms with van der Waals surface area (Å²) in [5.41, 5.74) is 6.95. The molecule has 0 amide bonds. The number of pyridine rings is 2. The Morgan fingerprint density at radius 3 is 1.87 bits per heavy atom. The van der Waals surface area contributed by atoms with Crippen LogP contribution >= 0.6 is 0 Å². The molecule has 2 aromatic carbocycles. The summed E-state index contributed by atoms with van der Waals surface area (Å²) < 4.78 is 11.9. The van der Waals surface area contributed by atoms with Crippen LogP contribution < -0.4 is 9.80 Å². The first-order valence-corrected chi connectivity index (χ1v) is 15.4. The van der Waals surface area contributed by atoms with Gasteiger partial charge in [-0.2, -0.15) is 5.26 Å². The number of rotatable bonds is 4. The zero-order chi connectivity index (χ0) is 31.5. The number of anilines is 2. The zero-order valence-corrected chi connectivity index (χ0v) is 25.8. The fourth-order valence-electron chi connectivity index (χ4n) is 5.85. The number of benzene rings is 2. The van der Waals surface area contributed by atoms with E-state index in [4.69, 9.17) is 13.8 Å². The quantitative estimate of drug-likeness (QED) is 0.208. The van der Waals surface area contributed by atoms with Crippen LogP contribution in [0.25, 0.3) is 22.9 Å². The number of nitrogens with zero attached hydrogens (tertiary/aromatic N) is 7. The molecule has 0 saturated heterocycles. The Kier molecular flexibility index (Phi) is 8.00. The van der Waals surface area contributed by atoms with Gasteiger partial charge in [0.05, 0.1) is 18.7 Å². The van der Waals surface area contributed by atoms with Crippen molar-refractivity contribution in [1.29, 1.82) is 5.26 Å². The van der Waals surface area contributed by atoms with E-state index in [0.29, 0.717) is 23.8 Å². The van der Waals surface area contributed by atoms with Gasteiger partial charge in [0, 0.05) is 49.5 Å². The zero-order valence-electron chi connectivity index (χ0n) is 25.8. The van der Waals surface area contributed by atoms with Gasteiger partial charge >= 0.3 is 0 Å². The lowest BCUT2D eigenvalue weighted by molar-refractivity contribution is 0.498. The van der Waals surface area contributed by atoms with Crippen LogP contribution in [0.4, 0.5) is 11.6 Å². The van der Waals surface area contributed by atoms with E-state index in [0.717, 1.165) is 78.2 Å². The Morgan fingerprint density at radius 1 is 0.674 bits per heavy atom. The second kappa shape index (κ2) is 12.7. The topological polar surface area (TPSA) is 108 Å². The summed E-state index contributed by atoms with van der Waals surface area (Å²) in [4.78, 5) is 22.5. The van der Waals surface area contributed by atoms with E-state index in [2.05, 4.69) is 68.9 Å². The predicted octanol–water partition coefficient (Wildman–Crippen LogP) is 7.09. The van der Waals surface area contributed by atoms with Crippen LogP contribution in [0, 0.1) is 25.2 Å². The standard InChI is InChI=1S/C19H16N4O.C18H17N3O/c1-13-4-2-5-14(10-13)19-22-16-12-23(9-7-17(16)24-19)18-15(11-20)6-3-8-21-18;1-13-5-4-6-14(11-13)18-20-15-12-21(10-8-16(15)22-18)17-7-2-3-9-19-17/h2-6,8,10H,7,9,12H2,1H3;2-7,9,11H,8,10,12H2,1H3. The summed E-state index contributed by atoms with van der Waals surface area (Å²) in [6, 6.07) is 28.2. The first-order valence-electron chi connectivity index (χ1n) is 15.4. The van der Waals surface area contributed by atoms with Crippen molar-refractivity contribution in [2.75, 3.05) is 22.9 Å². The SMILES string of the molecule is Cc1cccc(-c2nc3c(o2)CCN(c2ccccn2)C3)c1.Cc1cccc(-c2nc3c(o2)CCN(c2ncccc2C#N)C3)c1. The third kappa shape index (κ3) is 6.10. The van der Waals surface area contributed by atoms with Crippen LogP contribution in [0.15, 0.2) is 100 Å². The van der Waals surface area contributed by atoms with Gasteiger partial charge in [-0.1, -0.05) is 41.5 Å².